The summed E-state index contributed by atoms with van der Waals surface area (Å²) in [6, 6.07) is 7.59. The molecule has 0 saturated carbocycles. The highest BCUT2D eigenvalue weighted by molar-refractivity contribution is 6.30. The summed E-state index contributed by atoms with van der Waals surface area (Å²) in [7, 11) is 0. The van der Waals surface area contributed by atoms with Crippen molar-refractivity contribution in [1.29, 1.82) is 0 Å². The molecule has 0 bridgehead atoms. The molecule has 3 rings (SSSR count). The van der Waals surface area contributed by atoms with Gasteiger partial charge in [0.25, 0.3) is 0 Å². The van der Waals surface area contributed by atoms with Crippen LogP contribution < -0.4 is 0 Å². The predicted octanol–water partition coefficient (Wildman–Crippen LogP) is 3.26. The maximum absolute atomic E-state index is 9.54. The number of hydrogen-bond donors (Lipinski definition) is 1. The van der Waals surface area contributed by atoms with Crippen molar-refractivity contribution < 1.29 is 9.52 Å². The summed E-state index contributed by atoms with van der Waals surface area (Å²) in [4.78, 5) is 6.79. The Balaban J connectivity index is 1.73. The topological polar surface area (TPSA) is 49.5 Å². The van der Waals surface area contributed by atoms with Gasteiger partial charge in [0.2, 0.25) is 5.89 Å². The van der Waals surface area contributed by atoms with Gasteiger partial charge in [-0.15, -0.1) is 0 Å². The Kier molecular flexibility index (Phi) is 4.29. The standard InChI is InChI=1S/C16H19ClN2O2/c1-11-16(12-2-4-13(17)5-3-12)21-15(18-11)10-19-8-6-14(20)7-9-19/h2-5,14,20H,6-10H2,1H3. The molecule has 1 saturated heterocycles. The fourth-order valence-electron chi connectivity index (χ4n) is 2.66. The molecule has 0 spiro atoms. The molecule has 0 unspecified atom stereocenters. The average Bonchev–Trinajstić information content (AvgIpc) is 2.83. The first-order valence-corrected chi connectivity index (χ1v) is 7.62. The molecule has 1 N–H and O–H groups in total. The highest BCUT2D eigenvalue weighted by Crippen LogP contribution is 2.26. The first-order valence-electron chi connectivity index (χ1n) is 7.24. The van der Waals surface area contributed by atoms with Crippen LogP contribution in [-0.4, -0.2) is 34.2 Å². The quantitative estimate of drug-likeness (QED) is 0.945. The van der Waals surface area contributed by atoms with Crippen molar-refractivity contribution in [3.05, 3.63) is 40.9 Å². The Morgan fingerprint density at radius 2 is 1.95 bits per heavy atom. The van der Waals surface area contributed by atoms with E-state index in [2.05, 4.69) is 9.88 Å². The van der Waals surface area contributed by atoms with E-state index < -0.39 is 0 Å². The van der Waals surface area contributed by atoms with Gasteiger partial charge in [-0.05, 0) is 44.0 Å². The minimum atomic E-state index is -0.155. The van der Waals surface area contributed by atoms with Crippen molar-refractivity contribution in [2.24, 2.45) is 0 Å². The molecule has 0 atom stereocenters. The summed E-state index contributed by atoms with van der Waals surface area (Å²) in [6.07, 6.45) is 1.49. The van der Waals surface area contributed by atoms with Gasteiger partial charge in [-0.1, -0.05) is 11.6 Å². The molecular weight excluding hydrogens is 288 g/mol. The van der Waals surface area contributed by atoms with Gasteiger partial charge in [-0.3, -0.25) is 4.90 Å². The van der Waals surface area contributed by atoms with Gasteiger partial charge >= 0.3 is 0 Å². The summed E-state index contributed by atoms with van der Waals surface area (Å²) in [5.41, 5.74) is 1.88. The number of oxazole rings is 1. The smallest absolute Gasteiger partial charge is 0.209 e. The van der Waals surface area contributed by atoms with Crippen molar-refractivity contribution in [2.75, 3.05) is 13.1 Å². The fourth-order valence-corrected chi connectivity index (χ4v) is 2.78. The zero-order chi connectivity index (χ0) is 14.8. The Morgan fingerprint density at radius 1 is 1.29 bits per heavy atom. The third-order valence-corrected chi connectivity index (χ3v) is 4.12. The number of benzene rings is 1. The van der Waals surface area contributed by atoms with Crippen LogP contribution in [0.2, 0.25) is 5.02 Å². The number of nitrogens with zero attached hydrogens (tertiary/aromatic N) is 2. The third kappa shape index (κ3) is 3.46. The van der Waals surface area contributed by atoms with Gasteiger partial charge in [0.05, 0.1) is 18.3 Å². The lowest BCUT2D eigenvalue weighted by Crippen LogP contribution is -2.35. The van der Waals surface area contributed by atoms with Crippen molar-refractivity contribution in [3.63, 3.8) is 0 Å². The largest absolute Gasteiger partial charge is 0.439 e. The van der Waals surface area contributed by atoms with E-state index in [0.29, 0.717) is 11.6 Å². The highest BCUT2D eigenvalue weighted by atomic mass is 35.5. The second-order valence-corrected chi connectivity index (χ2v) is 5.97. The number of rotatable bonds is 3. The maximum atomic E-state index is 9.54. The molecule has 2 aromatic rings. The molecule has 0 amide bonds. The number of aliphatic hydroxyl groups excluding tert-OH is 1. The van der Waals surface area contributed by atoms with Crippen molar-refractivity contribution in [3.8, 4) is 11.3 Å². The van der Waals surface area contributed by atoms with Gasteiger partial charge in [-0.25, -0.2) is 4.98 Å². The molecule has 0 aliphatic carbocycles. The lowest BCUT2D eigenvalue weighted by molar-refractivity contribution is 0.0752. The predicted molar refractivity (Wildman–Crippen MR) is 82.2 cm³/mol. The number of aromatic nitrogens is 1. The van der Waals surface area contributed by atoms with E-state index in [0.717, 1.165) is 48.8 Å². The molecule has 1 aliphatic rings. The van der Waals surface area contributed by atoms with Crippen molar-refractivity contribution >= 4 is 11.6 Å². The Hall–Kier alpha value is -1.36. The molecule has 2 heterocycles. The zero-order valence-electron chi connectivity index (χ0n) is 12.1. The van der Waals surface area contributed by atoms with Crippen LogP contribution in [0.1, 0.15) is 24.4 Å². The molecule has 1 aromatic carbocycles. The van der Waals surface area contributed by atoms with Crippen molar-refractivity contribution in [1.82, 2.24) is 9.88 Å². The minimum absolute atomic E-state index is 0.155. The Labute approximate surface area is 129 Å². The van der Waals surface area contributed by atoms with Crippen LogP contribution in [0.4, 0.5) is 0 Å². The van der Waals surface area contributed by atoms with Gasteiger partial charge in [-0.2, -0.15) is 0 Å². The number of piperidine rings is 1. The first-order chi connectivity index (χ1) is 10.1. The molecule has 1 fully saturated rings. The van der Waals surface area contributed by atoms with Gasteiger partial charge in [0, 0.05) is 23.7 Å². The van der Waals surface area contributed by atoms with Gasteiger partial charge in [0.1, 0.15) is 0 Å². The minimum Gasteiger partial charge on any atom is -0.439 e. The zero-order valence-corrected chi connectivity index (χ0v) is 12.8. The molecular formula is C16H19ClN2O2. The number of aliphatic hydroxyl groups is 1. The number of likely N-dealkylation sites (tertiary alicyclic amines) is 1. The van der Waals surface area contributed by atoms with Crippen molar-refractivity contribution in [2.45, 2.75) is 32.4 Å². The molecule has 21 heavy (non-hydrogen) atoms. The molecule has 0 radical (unpaired) electrons. The average molecular weight is 307 g/mol. The maximum Gasteiger partial charge on any atom is 0.209 e. The molecule has 1 aliphatic heterocycles. The second kappa shape index (κ2) is 6.18. The van der Waals surface area contributed by atoms with E-state index in [1.807, 2.05) is 31.2 Å². The Bertz CT molecular complexity index is 601. The SMILES string of the molecule is Cc1nc(CN2CCC(O)CC2)oc1-c1ccc(Cl)cc1. The Morgan fingerprint density at radius 3 is 2.62 bits per heavy atom. The second-order valence-electron chi connectivity index (χ2n) is 5.54. The van der Waals surface area contributed by atoms with Crippen LogP contribution in [0.25, 0.3) is 11.3 Å². The van der Waals surface area contributed by atoms with Crippen LogP contribution in [0, 0.1) is 6.92 Å². The van der Waals surface area contributed by atoms with Crippen LogP contribution in [-0.2, 0) is 6.54 Å². The van der Waals surface area contributed by atoms with E-state index >= 15 is 0 Å². The van der Waals surface area contributed by atoms with Gasteiger partial charge in [0.15, 0.2) is 5.76 Å². The normalized spacial score (nSPS) is 17.3. The summed E-state index contributed by atoms with van der Waals surface area (Å²) in [5.74, 6) is 1.53. The van der Waals surface area contributed by atoms with Gasteiger partial charge < -0.3 is 9.52 Å². The van der Waals surface area contributed by atoms with E-state index in [4.69, 9.17) is 16.0 Å². The fraction of sp³-hybridized carbons (Fsp3) is 0.438. The lowest BCUT2D eigenvalue weighted by Gasteiger charge is -2.28. The first kappa shape index (κ1) is 14.6. The summed E-state index contributed by atoms with van der Waals surface area (Å²) >= 11 is 5.91. The van der Waals surface area contributed by atoms with Crippen LogP contribution in [0.15, 0.2) is 28.7 Å². The molecule has 5 heteroatoms. The van der Waals surface area contributed by atoms with E-state index in [9.17, 15) is 5.11 Å². The highest BCUT2D eigenvalue weighted by Gasteiger charge is 2.20. The number of halogens is 1. The summed E-state index contributed by atoms with van der Waals surface area (Å²) in [5, 5.41) is 10.2. The summed E-state index contributed by atoms with van der Waals surface area (Å²) in [6.45, 7) is 4.43. The number of aryl methyl sites for hydroxylation is 1. The van der Waals surface area contributed by atoms with E-state index in [-0.39, 0.29) is 6.10 Å². The monoisotopic (exact) mass is 306 g/mol. The molecule has 4 nitrogen and oxygen atoms in total. The van der Waals surface area contributed by atoms with Crippen LogP contribution >= 0.6 is 11.6 Å². The van der Waals surface area contributed by atoms with Crippen LogP contribution in [0.5, 0.6) is 0 Å². The molecule has 112 valence electrons. The van der Waals surface area contributed by atoms with E-state index in [1.165, 1.54) is 0 Å². The van der Waals surface area contributed by atoms with Crippen LogP contribution in [0.3, 0.4) is 0 Å². The summed E-state index contributed by atoms with van der Waals surface area (Å²) < 4.78 is 5.91. The third-order valence-electron chi connectivity index (χ3n) is 3.86. The molecule has 1 aromatic heterocycles. The number of hydrogen-bond acceptors (Lipinski definition) is 4. The van der Waals surface area contributed by atoms with E-state index in [1.54, 1.807) is 0 Å². The lowest BCUT2D eigenvalue weighted by atomic mass is 10.1.